The number of aromatic nitrogens is 2. The Balaban J connectivity index is 0.00000112. The first-order chi connectivity index (χ1) is 6.84. The van der Waals surface area contributed by atoms with Crippen LogP contribution in [0.1, 0.15) is 18.5 Å². The summed E-state index contributed by atoms with van der Waals surface area (Å²) in [5.41, 5.74) is 0.943. The number of piperidine rings is 1. The largest absolute Gasteiger partial charge is 0.459 e. The smallest absolute Gasteiger partial charge is 0.316 e. The Kier molecular flexibility index (Phi) is 4.78. The van der Waals surface area contributed by atoms with Crippen LogP contribution in [0.3, 0.4) is 0 Å². The molecule has 0 radical (unpaired) electrons. The van der Waals surface area contributed by atoms with Gasteiger partial charge in [0.2, 0.25) is 0 Å². The van der Waals surface area contributed by atoms with Crippen LogP contribution in [0.25, 0.3) is 0 Å². The molecule has 2 heterocycles. The van der Waals surface area contributed by atoms with Gasteiger partial charge in [-0.1, -0.05) is 0 Å². The molecule has 1 atom stereocenters. The van der Waals surface area contributed by atoms with Gasteiger partial charge in [0.15, 0.2) is 0 Å². The lowest BCUT2D eigenvalue weighted by Crippen LogP contribution is -2.37. The molecular weight excluding hydrogens is 214 g/mol. The molecule has 4 nitrogen and oxygen atoms in total. The molecule has 0 spiro atoms. The van der Waals surface area contributed by atoms with Gasteiger partial charge >= 0.3 is 6.01 Å². The standard InChI is InChI=1S/C10H15N3O.ClH/c1-8-4-6-12-10(13-8)14-9-3-2-5-11-7-9;/h4,6,9,11H,2-3,5,7H2,1H3;1H/t9-;/m0./s1. The van der Waals surface area contributed by atoms with Gasteiger partial charge < -0.3 is 10.1 Å². The molecular formula is C10H16ClN3O. The molecule has 0 bridgehead atoms. The molecule has 0 aliphatic carbocycles. The van der Waals surface area contributed by atoms with Crippen molar-refractivity contribution in [1.82, 2.24) is 15.3 Å². The van der Waals surface area contributed by atoms with Crippen LogP contribution in [0.2, 0.25) is 0 Å². The maximum Gasteiger partial charge on any atom is 0.316 e. The first-order valence-electron chi connectivity index (χ1n) is 5.01. The summed E-state index contributed by atoms with van der Waals surface area (Å²) in [4.78, 5) is 8.28. The molecule has 0 unspecified atom stereocenters. The van der Waals surface area contributed by atoms with E-state index < -0.39 is 0 Å². The Morgan fingerprint density at radius 1 is 1.53 bits per heavy atom. The van der Waals surface area contributed by atoms with Gasteiger partial charge in [-0.15, -0.1) is 12.4 Å². The van der Waals surface area contributed by atoms with Gasteiger partial charge in [-0.2, -0.15) is 0 Å². The summed E-state index contributed by atoms with van der Waals surface area (Å²) in [6.07, 6.45) is 4.21. The molecule has 1 N–H and O–H groups in total. The van der Waals surface area contributed by atoms with Gasteiger partial charge in [-0.25, -0.2) is 9.97 Å². The highest BCUT2D eigenvalue weighted by Crippen LogP contribution is 2.10. The van der Waals surface area contributed by atoms with Crippen LogP contribution in [0.4, 0.5) is 0 Å². The maximum atomic E-state index is 5.65. The van der Waals surface area contributed by atoms with Gasteiger partial charge in [0, 0.05) is 18.4 Å². The number of halogens is 1. The van der Waals surface area contributed by atoms with E-state index in [9.17, 15) is 0 Å². The number of hydrogen-bond acceptors (Lipinski definition) is 4. The highest BCUT2D eigenvalue weighted by molar-refractivity contribution is 5.85. The minimum Gasteiger partial charge on any atom is -0.459 e. The van der Waals surface area contributed by atoms with Crippen molar-refractivity contribution in [3.8, 4) is 6.01 Å². The highest BCUT2D eigenvalue weighted by atomic mass is 35.5. The molecule has 2 rings (SSSR count). The van der Waals surface area contributed by atoms with Gasteiger partial charge in [0.05, 0.1) is 0 Å². The summed E-state index contributed by atoms with van der Waals surface area (Å²) < 4.78 is 5.65. The third-order valence-electron chi connectivity index (χ3n) is 2.30. The Bertz CT molecular complexity index is 302. The third-order valence-corrected chi connectivity index (χ3v) is 2.30. The number of rotatable bonds is 2. The van der Waals surface area contributed by atoms with Gasteiger partial charge in [0.25, 0.3) is 0 Å². The van der Waals surface area contributed by atoms with E-state index in [1.165, 1.54) is 0 Å². The second-order valence-electron chi connectivity index (χ2n) is 3.57. The fraction of sp³-hybridized carbons (Fsp3) is 0.600. The van der Waals surface area contributed by atoms with Crippen LogP contribution in [-0.2, 0) is 0 Å². The number of ether oxygens (including phenoxy) is 1. The fourth-order valence-electron chi connectivity index (χ4n) is 1.55. The Morgan fingerprint density at radius 2 is 2.40 bits per heavy atom. The van der Waals surface area contributed by atoms with Crippen LogP contribution in [0.5, 0.6) is 6.01 Å². The van der Waals surface area contributed by atoms with Crippen molar-refractivity contribution in [2.24, 2.45) is 0 Å². The maximum absolute atomic E-state index is 5.65. The molecule has 0 saturated carbocycles. The van der Waals surface area contributed by atoms with Gasteiger partial charge in [0.1, 0.15) is 6.10 Å². The lowest BCUT2D eigenvalue weighted by atomic mass is 10.1. The number of nitrogens with zero attached hydrogens (tertiary/aromatic N) is 2. The lowest BCUT2D eigenvalue weighted by molar-refractivity contribution is 0.153. The Morgan fingerprint density at radius 3 is 3.07 bits per heavy atom. The number of hydrogen-bond donors (Lipinski definition) is 1. The molecule has 0 amide bonds. The van der Waals surface area contributed by atoms with Crippen LogP contribution in [0.15, 0.2) is 12.3 Å². The third kappa shape index (κ3) is 3.64. The van der Waals surface area contributed by atoms with Crippen LogP contribution in [0, 0.1) is 6.92 Å². The first kappa shape index (κ1) is 12.2. The van der Waals surface area contributed by atoms with Crippen molar-refractivity contribution in [3.63, 3.8) is 0 Å². The summed E-state index contributed by atoms with van der Waals surface area (Å²) >= 11 is 0. The summed E-state index contributed by atoms with van der Waals surface area (Å²) in [6, 6.07) is 2.37. The molecule has 1 fully saturated rings. The second-order valence-corrected chi connectivity index (χ2v) is 3.57. The molecule has 1 aliphatic rings. The number of nitrogens with one attached hydrogen (secondary N) is 1. The molecule has 1 aromatic rings. The SMILES string of the molecule is Cc1ccnc(O[C@H]2CCCNC2)n1.Cl. The van der Waals surface area contributed by atoms with E-state index in [4.69, 9.17) is 4.74 Å². The summed E-state index contributed by atoms with van der Waals surface area (Å²) in [5.74, 6) is 0. The summed E-state index contributed by atoms with van der Waals surface area (Å²) in [5, 5.41) is 3.29. The van der Waals surface area contributed by atoms with Crippen molar-refractivity contribution in [1.29, 1.82) is 0 Å². The first-order valence-corrected chi connectivity index (χ1v) is 5.01. The van der Waals surface area contributed by atoms with Crippen molar-refractivity contribution in [3.05, 3.63) is 18.0 Å². The van der Waals surface area contributed by atoms with Crippen molar-refractivity contribution < 1.29 is 4.74 Å². The monoisotopic (exact) mass is 229 g/mol. The van der Waals surface area contributed by atoms with Crippen molar-refractivity contribution in [2.75, 3.05) is 13.1 Å². The molecule has 1 saturated heterocycles. The van der Waals surface area contributed by atoms with Crippen molar-refractivity contribution >= 4 is 12.4 Å². The molecule has 84 valence electrons. The minimum absolute atomic E-state index is 0. The minimum atomic E-state index is 0. The quantitative estimate of drug-likeness (QED) is 0.832. The zero-order chi connectivity index (χ0) is 9.80. The van der Waals surface area contributed by atoms with Gasteiger partial charge in [-0.05, 0) is 32.4 Å². The molecule has 15 heavy (non-hydrogen) atoms. The highest BCUT2D eigenvalue weighted by Gasteiger charge is 2.15. The Labute approximate surface area is 95.9 Å². The zero-order valence-electron chi connectivity index (χ0n) is 8.77. The summed E-state index contributed by atoms with van der Waals surface area (Å²) in [7, 11) is 0. The van der Waals surface area contributed by atoms with E-state index >= 15 is 0 Å². The van der Waals surface area contributed by atoms with Crippen LogP contribution in [-0.4, -0.2) is 29.2 Å². The van der Waals surface area contributed by atoms with E-state index in [-0.39, 0.29) is 18.5 Å². The van der Waals surface area contributed by atoms with E-state index in [1.54, 1.807) is 6.20 Å². The zero-order valence-corrected chi connectivity index (χ0v) is 9.59. The van der Waals surface area contributed by atoms with E-state index in [0.717, 1.165) is 31.6 Å². The molecule has 1 aromatic heterocycles. The van der Waals surface area contributed by atoms with Crippen LogP contribution >= 0.6 is 12.4 Å². The average molecular weight is 230 g/mol. The van der Waals surface area contributed by atoms with E-state index in [0.29, 0.717) is 6.01 Å². The predicted octanol–water partition coefficient (Wildman–Crippen LogP) is 1.34. The van der Waals surface area contributed by atoms with Gasteiger partial charge in [-0.3, -0.25) is 0 Å². The van der Waals surface area contributed by atoms with Crippen molar-refractivity contribution in [2.45, 2.75) is 25.9 Å². The summed E-state index contributed by atoms with van der Waals surface area (Å²) in [6.45, 7) is 3.93. The topological polar surface area (TPSA) is 47.0 Å². The average Bonchev–Trinajstić information content (AvgIpc) is 2.19. The molecule has 1 aliphatic heterocycles. The van der Waals surface area contributed by atoms with E-state index in [2.05, 4.69) is 15.3 Å². The lowest BCUT2D eigenvalue weighted by Gasteiger charge is -2.22. The normalized spacial score (nSPS) is 20.5. The predicted molar refractivity (Wildman–Crippen MR) is 60.5 cm³/mol. The van der Waals surface area contributed by atoms with Crippen LogP contribution < -0.4 is 10.1 Å². The molecule has 5 heteroatoms. The second kappa shape index (κ2) is 5.88. The number of aryl methyl sites for hydroxylation is 1. The fourth-order valence-corrected chi connectivity index (χ4v) is 1.55. The van der Waals surface area contributed by atoms with E-state index in [1.807, 2.05) is 13.0 Å². The molecule has 0 aromatic carbocycles. The Hall–Kier alpha value is -0.870.